The Morgan fingerprint density at radius 2 is 1.57 bits per heavy atom. The van der Waals surface area contributed by atoms with Crippen LogP contribution < -0.4 is 0 Å². The maximum Gasteiger partial charge on any atom is 0.523 e. The summed E-state index contributed by atoms with van der Waals surface area (Å²) < 4.78 is 30.6. The summed E-state index contributed by atoms with van der Waals surface area (Å²) in [6.07, 6.45) is 0.919. The van der Waals surface area contributed by atoms with Gasteiger partial charge in [0.2, 0.25) is 12.4 Å². The van der Waals surface area contributed by atoms with Gasteiger partial charge in [-0.1, -0.05) is 6.92 Å². The van der Waals surface area contributed by atoms with Crippen LogP contribution in [0.25, 0.3) is 0 Å². The van der Waals surface area contributed by atoms with E-state index in [1.165, 1.54) is 6.92 Å². The molecule has 0 aromatic heterocycles. The molecule has 1 saturated heterocycles. The highest BCUT2D eigenvalue weighted by Gasteiger charge is 2.50. The van der Waals surface area contributed by atoms with Crippen molar-refractivity contribution < 1.29 is 47.6 Å². The largest absolute Gasteiger partial charge is 0.523 e. The Morgan fingerprint density at radius 3 is 2.13 bits per heavy atom. The Balaban J connectivity index is 3.09. The molecule has 0 spiro atoms. The number of carbonyl (C=O) groups excluding carboxylic acids is 4. The van der Waals surface area contributed by atoms with Crippen molar-refractivity contribution in [1.29, 1.82) is 0 Å². The molecule has 160 valence electrons. The van der Waals surface area contributed by atoms with Crippen molar-refractivity contribution in [2.45, 2.75) is 52.3 Å². The molecular weight excluding hydrogens is 400 g/mol. The van der Waals surface area contributed by atoms with Gasteiger partial charge in [0, 0.05) is 38.5 Å². The van der Waals surface area contributed by atoms with Gasteiger partial charge in [-0.15, -0.1) is 6.42 Å². The van der Waals surface area contributed by atoms with E-state index < -0.39 is 54.6 Å². The molecule has 0 unspecified atom stereocenters. The van der Waals surface area contributed by atoms with E-state index in [0.29, 0.717) is 0 Å². The predicted molar refractivity (Wildman–Crippen MR) is 97.5 cm³/mol. The van der Waals surface area contributed by atoms with Gasteiger partial charge in [-0.25, -0.2) is 4.79 Å². The SMILES string of the molecule is C#CC#CC#COC(=O)O[C@H]1[C@H](C)[C@@H](COC(C)=O)O[C@H](OC(C)=O)[C@H]1OC(C)=O. The predicted octanol–water partition coefficient (Wildman–Crippen LogP) is 0.525. The Hall–Kier alpha value is -3.68. The zero-order chi connectivity index (χ0) is 22.7. The molecule has 0 bridgehead atoms. The molecule has 30 heavy (non-hydrogen) atoms. The van der Waals surface area contributed by atoms with Gasteiger partial charge in [-0.3, -0.25) is 14.4 Å². The van der Waals surface area contributed by atoms with Crippen LogP contribution in [-0.4, -0.2) is 55.3 Å². The van der Waals surface area contributed by atoms with Gasteiger partial charge in [-0.2, -0.15) is 0 Å². The van der Waals surface area contributed by atoms with Gasteiger partial charge >= 0.3 is 24.1 Å². The van der Waals surface area contributed by atoms with E-state index in [0.717, 1.165) is 13.8 Å². The zero-order valence-electron chi connectivity index (χ0n) is 16.8. The zero-order valence-corrected chi connectivity index (χ0v) is 16.8. The van der Waals surface area contributed by atoms with Crippen molar-refractivity contribution in [3.63, 3.8) is 0 Å². The van der Waals surface area contributed by atoms with E-state index in [9.17, 15) is 19.2 Å². The molecule has 10 heteroatoms. The molecule has 1 rings (SSSR count). The Morgan fingerprint density at radius 1 is 0.900 bits per heavy atom. The van der Waals surface area contributed by atoms with E-state index in [1.807, 2.05) is 12.0 Å². The second-order valence-electron chi connectivity index (χ2n) is 5.94. The summed E-state index contributed by atoms with van der Waals surface area (Å²) in [6, 6.07) is 0. The summed E-state index contributed by atoms with van der Waals surface area (Å²) in [7, 11) is 0. The third-order valence-corrected chi connectivity index (χ3v) is 3.66. The first kappa shape index (κ1) is 24.4. The summed E-state index contributed by atoms with van der Waals surface area (Å²) in [5.74, 6) is 5.91. The van der Waals surface area contributed by atoms with Crippen molar-refractivity contribution in [3.8, 4) is 36.2 Å². The van der Waals surface area contributed by atoms with Crippen molar-refractivity contribution in [1.82, 2.24) is 0 Å². The summed E-state index contributed by atoms with van der Waals surface area (Å²) in [4.78, 5) is 46.1. The number of hydrogen-bond donors (Lipinski definition) is 0. The van der Waals surface area contributed by atoms with Crippen LogP contribution in [0.3, 0.4) is 0 Å². The minimum atomic E-state index is -1.42. The first-order chi connectivity index (χ1) is 14.1. The van der Waals surface area contributed by atoms with Crippen LogP contribution in [0.1, 0.15) is 27.7 Å². The maximum atomic E-state index is 12.0. The molecular formula is C20H20O10. The Labute approximate surface area is 173 Å². The number of rotatable bonds is 5. The normalized spacial score (nSPS) is 24.3. The first-order valence-corrected chi connectivity index (χ1v) is 8.62. The van der Waals surface area contributed by atoms with E-state index in [-0.39, 0.29) is 6.61 Å². The van der Waals surface area contributed by atoms with Gasteiger partial charge in [0.1, 0.15) is 18.8 Å². The summed E-state index contributed by atoms with van der Waals surface area (Å²) in [5.41, 5.74) is 0. The molecule has 1 heterocycles. The highest BCUT2D eigenvalue weighted by Crippen LogP contribution is 2.31. The lowest BCUT2D eigenvalue weighted by Gasteiger charge is -2.42. The van der Waals surface area contributed by atoms with Gasteiger partial charge in [0.05, 0.1) is 0 Å². The monoisotopic (exact) mass is 420 g/mol. The molecule has 1 fully saturated rings. The lowest BCUT2D eigenvalue weighted by atomic mass is 9.90. The standard InChI is InChI=1S/C20H20O10/c1-6-7-8-9-10-25-20(24)30-17-12(2)16(11-26-13(3)21)29-19(28-15(5)23)18(17)27-14(4)22/h1,12,16-19H,11H2,2-5H3/t12-,16-,17+,18+,19+/m1/s1. The fourth-order valence-corrected chi connectivity index (χ4v) is 2.47. The van der Waals surface area contributed by atoms with E-state index >= 15 is 0 Å². The average Bonchev–Trinajstić information content (AvgIpc) is 2.64. The van der Waals surface area contributed by atoms with E-state index in [4.69, 9.17) is 30.1 Å². The molecule has 1 aliphatic rings. The molecule has 0 aromatic carbocycles. The molecule has 10 nitrogen and oxygen atoms in total. The van der Waals surface area contributed by atoms with Crippen molar-refractivity contribution in [2.24, 2.45) is 5.92 Å². The average molecular weight is 420 g/mol. The summed E-state index contributed by atoms with van der Waals surface area (Å²) >= 11 is 0. The van der Waals surface area contributed by atoms with Crippen molar-refractivity contribution >= 4 is 24.1 Å². The van der Waals surface area contributed by atoms with Crippen LogP contribution in [0, 0.1) is 42.1 Å². The minimum absolute atomic E-state index is 0.225. The first-order valence-electron chi connectivity index (χ1n) is 8.62. The summed E-state index contributed by atoms with van der Waals surface area (Å²) in [6.45, 7) is 4.80. The van der Waals surface area contributed by atoms with Crippen LogP contribution in [0.15, 0.2) is 0 Å². The van der Waals surface area contributed by atoms with Gasteiger partial charge in [-0.05, 0) is 11.8 Å². The quantitative estimate of drug-likeness (QED) is 0.353. The van der Waals surface area contributed by atoms with E-state index in [2.05, 4.69) is 22.5 Å². The third-order valence-electron chi connectivity index (χ3n) is 3.66. The highest BCUT2D eigenvalue weighted by atomic mass is 16.8. The molecule has 0 radical (unpaired) electrons. The van der Waals surface area contributed by atoms with Gasteiger partial charge in [0.25, 0.3) is 0 Å². The second-order valence-corrected chi connectivity index (χ2v) is 5.94. The Bertz CT molecular complexity index is 832. The van der Waals surface area contributed by atoms with Gasteiger partial charge < -0.3 is 28.4 Å². The lowest BCUT2D eigenvalue weighted by molar-refractivity contribution is -0.284. The molecule has 0 saturated carbocycles. The fourth-order valence-electron chi connectivity index (χ4n) is 2.47. The fraction of sp³-hybridized carbons (Fsp3) is 0.500. The van der Waals surface area contributed by atoms with Crippen molar-refractivity contribution in [3.05, 3.63) is 0 Å². The topological polar surface area (TPSA) is 124 Å². The number of carbonyl (C=O) groups is 4. The number of esters is 3. The van der Waals surface area contributed by atoms with Crippen LogP contribution in [0.2, 0.25) is 0 Å². The molecule has 0 N–H and O–H groups in total. The minimum Gasteiger partial charge on any atom is -0.463 e. The summed E-state index contributed by atoms with van der Waals surface area (Å²) in [5, 5.41) is 0. The maximum absolute atomic E-state index is 12.0. The molecule has 0 aliphatic carbocycles. The molecule has 0 amide bonds. The third kappa shape index (κ3) is 8.14. The van der Waals surface area contributed by atoms with Gasteiger partial charge in [0.15, 0.2) is 6.10 Å². The van der Waals surface area contributed by atoms with Crippen LogP contribution in [-0.2, 0) is 42.8 Å². The molecule has 1 aliphatic heterocycles. The molecule has 0 aromatic rings. The highest BCUT2D eigenvalue weighted by molar-refractivity contribution is 5.68. The van der Waals surface area contributed by atoms with Crippen LogP contribution >= 0.6 is 0 Å². The van der Waals surface area contributed by atoms with E-state index in [1.54, 1.807) is 6.92 Å². The molecule has 5 atom stereocenters. The number of terminal acetylenes is 1. The number of hydrogen-bond acceptors (Lipinski definition) is 10. The van der Waals surface area contributed by atoms with Crippen LogP contribution in [0.5, 0.6) is 0 Å². The van der Waals surface area contributed by atoms with Crippen molar-refractivity contribution in [2.75, 3.05) is 6.61 Å². The second kappa shape index (κ2) is 12.0. The Kier molecular flexibility index (Phi) is 9.75. The number of ether oxygens (including phenoxy) is 6. The smallest absolute Gasteiger partial charge is 0.463 e. The van der Waals surface area contributed by atoms with Crippen LogP contribution in [0.4, 0.5) is 4.79 Å². The lowest BCUT2D eigenvalue weighted by Crippen LogP contribution is -2.58.